The number of carbonyl (C=O) groups is 2. The lowest BCUT2D eigenvalue weighted by Gasteiger charge is -2.34. The Kier molecular flexibility index (Phi) is 4.49. The number of ketones is 1. The van der Waals surface area contributed by atoms with E-state index in [0.29, 0.717) is 18.7 Å². The summed E-state index contributed by atoms with van der Waals surface area (Å²) in [7, 11) is 0. The molecule has 4 nitrogen and oxygen atoms in total. The van der Waals surface area contributed by atoms with Crippen LogP contribution in [0.1, 0.15) is 30.1 Å². The molecule has 2 rings (SSSR count). The fraction of sp³-hybridized carbons (Fsp3) is 0.467. The van der Waals surface area contributed by atoms with Crippen molar-refractivity contribution >= 4 is 11.8 Å². The van der Waals surface area contributed by atoms with Crippen LogP contribution in [-0.4, -0.2) is 40.9 Å². The maximum Gasteiger partial charge on any atom is 0.320 e. The number of halogens is 1. The van der Waals surface area contributed by atoms with Crippen LogP contribution in [0.4, 0.5) is 4.39 Å². The third-order valence-corrected chi connectivity index (χ3v) is 3.86. The van der Waals surface area contributed by atoms with Gasteiger partial charge in [0, 0.05) is 18.0 Å². The second-order valence-corrected chi connectivity index (χ2v) is 5.22. The monoisotopic (exact) mass is 279 g/mol. The molecule has 0 radical (unpaired) electrons. The number of hydrogen-bond acceptors (Lipinski definition) is 3. The van der Waals surface area contributed by atoms with E-state index in [2.05, 4.69) is 0 Å². The van der Waals surface area contributed by atoms with Crippen LogP contribution in [0.15, 0.2) is 24.3 Å². The van der Waals surface area contributed by atoms with Gasteiger partial charge in [0.05, 0.1) is 0 Å². The fourth-order valence-corrected chi connectivity index (χ4v) is 2.58. The van der Waals surface area contributed by atoms with E-state index in [1.54, 1.807) is 6.92 Å². The molecule has 1 saturated heterocycles. The number of carboxylic acids is 1. The molecule has 1 aromatic rings. The minimum atomic E-state index is -0.875. The van der Waals surface area contributed by atoms with Gasteiger partial charge >= 0.3 is 5.97 Å². The quantitative estimate of drug-likeness (QED) is 0.858. The number of benzene rings is 1. The Bertz CT molecular complexity index is 500. The van der Waals surface area contributed by atoms with Crippen LogP contribution in [0.25, 0.3) is 0 Å². The van der Waals surface area contributed by atoms with E-state index in [1.807, 2.05) is 4.90 Å². The fourth-order valence-electron chi connectivity index (χ4n) is 2.58. The largest absolute Gasteiger partial charge is 0.480 e. The SMILES string of the molecule is C[C@@H](C(=O)O)N1CCC[C@@H](C(=O)c2ccc(F)cc2)C1. The molecule has 1 heterocycles. The van der Waals surface area contributed by atoms with Crippen molar-refractivity contribution in [3.05, 3.63) is 35.6 Å². The number of carboxylic acid groups (broad SMARTS) is 1. The van der Waals surface area contributed by atoms with Crippen LogP contribution < -0.4 is 0 Å². The molecule has 0 bridgehead atoms. The molecule has 108 valence electrons. The van der Waals surface area contributed by atoms with Gasteiger partial charge in [-0.05, 0) is 50.6 Å². The first-order valence-electron chi connectivity index (χ1n) is 6.75. The summed E-state index contributed by atoms with van der Waals surface area (Å²) >= 11 is 0. The van der Waals surface area contributed by atoms with E-state index in [-0.39, 0.29) is 17.5 Å². The second kappa shape index (κ2) is 6.13. The van der Waals surface area contributed by atoms with Crippen molar-refractivity contribution in [3.63, 3.8) is 0 Å². The first kappa shape index (κ1) is 14.7. The van der Waals surface area contributed by atoms with E-state index in [0.717, 1.165) is 12.8 Å². The summed E-state index contributed by atoms with van der Waals surface area (Å²) in [5.41, 5.74) is 0.487. The van der Waals surface area contributed by atoms with Gasteiger partial charge in [0.25, 0.3) is 0 Å². The summed E-state index contributed by atoms with van der Waals surface area (Å²) in [4.78, 5) is 25.2. The number of piperidine rings is 1. The molecule has 0 aliphatic carbocycles. The van der Waals surface area contributed by atoms with Crippen molar-refractivity contribution in [1.82, 2.24) is 4.90 Å². The highest BCUT2D eigenvalue weighted by molar-refractivity contribution is 5.98. The van der Waals surface area contributed by atoms with E-state index >= 15 is 0 Å². The van der Waals surface area contributed by atoms with Crippen molar-refractivity contribution in [3.8, 4) is 0 Å². The van der Waals surface area contributed by atoms with Gasteiger partial charge in [-0.25, -0.2) is 4.39 Å². The Morgan fingerprint density at radius 3 is 2.60 bits per heavy atom. The molecule has 5 heteroatoms. The summed E-state index contributed by atoms with van der Waals surface area (Å²) < 4.78 is 12.9. The average molecular weight is 279 g/mol. The molecule has 0 unspecified atom stereocenters. The highest BCUT2D eigenvalue weighted by Gasteiger charge is 2.31. The molecule has 1 N–H and O–H groups in total. The minimum Gasteiger partial charge on any atom is -0.480 e. The standard InChI is InChI=1S/C15H18FNO3/c1-10(15(19)20)17-8-2-3-12(9-17)14(18)11-4-6-13(16)7-5-11/h4-7,10,12H,2-3,8-9H2,1H3,(H,19,20)/t10-,12+/m0/s1. The van der Waals surface area contributed by atoms with Gasteiger partial charge in [-0.2, -0.15) is 0 Å². The van der Waals surface area contributed by atoms with Crippen LogP contribution in [0.2, 0.25) is 0 Å². The summed E-state index contributed by atoms with van der Waals surface area (Å²) in [5.74, 6) is -1.49. The molecule has 0 amide bonds. The highest BCUT2D eigenvalue weighted by Crippen LogP contribution is 2.22. The third-order valence-electron chi connectivity index (χ3n) is 3.86. The molecule has 1 aliphatic heterocycles. The molecule has 0 spiro atoms. The van der Waals surface area contributed by atoms with Gasteiger partial charge in [0.1, 0.15) is 11.9 Å². The second-order valence-electron chi connectivity index (χ2n) is 5.22. The first-order valence-corrected chi connectivity index (χ1v) is 6.75. The third kappa shape index (κ3) is 3.22. The van der Waals surface area contributed by atoms with Gasteiger partial charge in [-0.15, -0.1) is 0 Å². The van der Waals surface area contributed by atoms with Crippen LogP contribution in [0, 0.1) is 11.7 Å². The van der Waals surface area contributed by atoms with Gasteiger partial charge in [-0.3, -0.25) is 14.5 Å². The van der Waals surface area contributed by atoms with Crippen molar-refractivity contribution < 1.29 is 19.1 Å². The zero-order valence-corrected chi connectivity index (χ0v) is 11.4. The number of carbonyl (C=O) groups excluding carboxylic acids is 1. The Hall–Kier alpha value is -1.75. The molecule has 0 saturated carbocycles. The number of nitrogens with zero attached hydrogens (tertiary/aromatic N) is 1. The van der Waals surface area contributed by atoms with Gasteiger partial charge in [0.2, 0.25) is 0 Å². The zero-order chi connectivity index (χ0) is 14.7. The molecule has 1 aliphatic rings. The van der Waals surface area contributed by atoms with Gasteiger partial charge < -0.3 is 5.11 Å². The zero-order valence-electron chi connectivity index (χ0n) is 11.4. The van der Waals surface area contributed by atoms with E-state index in [9.17, 15) is 14.0 Å². The number of likely N-dealkylation sites (tertiary alicyclic amines) is 1. The average Bonchev–Trinajstić information content (AvgIpc) is 2.46. The van der Waals surface area contributed by atoms with Gasteiger partial charge in [0.15, 0.2) is 5.78 Å². The normalized spacial score (nSPS) is 21.4. The van der Waals surface area contributed by atoms with Crippen molar-refractivity contribution in [1.29, 1.82) is 0 Å². The molecule has 20 heavy (non-hydrogen) atoms. The topological polar surface area (TPSA) is 57.6 Å². The predicted molar refractivity (Wildman–Crippen MR) is 72.1 cm³/mol. The van der Waals surface area contributed by atoms with Crippen molar-refractivity contribution in [2.75, 3.05) is 13.1 Å². The van der Waals surface area contributed by atoms with E-state index in [4.69, 9.17) is 5.11 Å². The van der Waals surface area contributed by atoms with Crippen LogP contribution >= 0.6 is 0 Å². The summed E-state index contributed by atoms with van der Waals surface area (Å²) in [5, 5.41) is 9.04. The van der Waals surface area contributed by atoms with E-state index in [1.165, 1.54) is 24.3 Å². The maximum atomic E-state index is 12.9. The summed E-state index contributed by atoms with van der Waals surface area (Å²) in [6, 6.07) is 4.93. The maximum absolute atomic E-state index is 12.9. The molecular formula is C15H18FNO3. The summed E-state index contributed by atoms with van der Waals surface area (Å²) in [6.07, 6.45) is 1.55. The minimum absolute atomic E-state index is 0.0349. The Morgan fingerprint density at radius 2 is 2.00 bits per heavy atom. The van der Waals surface area contributed by atoms with Crippen molar-refractivity contribution in [2.45, 2.75) is 25.8 Å². The molecule has 1 fully saturated rings. The van der Waals surface area contributed by atoms with Crippen molar-refractivity contribution in [2.24, 2.45) is 5.92 Å². The molecule has 0 aromatic heterocycles. The van der Waals surface area contributed by atoms with Crippen LogP contribution in [0.3, 0.4) is 0 Å². The Morgan fingerprint density at radius 1 is 1.35 bits per heavy atom. The smallest absolute Gasteiger partial charge is 0.320 e. The Balaban J connectivity index is 2.06. The Labute approximate surface area is 117 Å². The number of rotatable bonds is 4. The lowest BCUT2D eigenvalue weighted by molar-refractivity contribution is -0.143. The first-order chi connectivity index (χ1) is 9.49. The van der Waals surface area contributed by atoms with Crippen LogP contribution in [0.5, 0.6) is 0 Å². The number of Topliss-reactive ketones (excluding diaryl/α,β-unsaturated/α-hetero) is 1. The highest BCUT2D eigenvalue weighted by atomic mass is 19.1. The van der Waals surface area contributed by atoms with Gasteiger partial charge in [-0.1, -0.05) is 0 Å². The lowest BCUT2D eigenvalue weighted by atomic mass is 9.89. The van der Waals surface area contributed by atoms with Crippen LogP contribution in [-0.2, 0) is 4.79 Å². The number of aliphatic carboxylic acids is 1. The molecule has 2 atom stereocenters. The number of hydrogen-bond donors (Lipinski definition) is 1. The van der Waals surface area contributed by atoms with E-state index < -0.39 is 12.0 Å². The molecular weight excluding hydrogens is 261 g/mol. The predicted octanol–water partition coefficient (Wildman–Crippen LogP) is 2.19. The molecule has 1 aromatic carbocycles. The summed E-state index contributed by atoms with van der Waals surface area (Å²) in [6.45, 7) is 2.78. The lowest BCUT2D eigenvalue weighted by Crippen LogP contribution is -2.46.